The maximum atomic E-state index is 13.3. The molecule has 0 aliphatic carbocycles. The number of aromatic hydroxyl groups is 2. The highest BCUT2D eigenvalue weighted by atomic mass is 35.5. The number of halogens is 2. The molecule has 1 fully saturated rings. The molecule has 3 aliphatic rings. The molecule has 14 heteroatoms. The van der Waals surface area contributed by atoms with E-state index in [1.807, 2.05) is 0 Å². The lowest BCUT2D eigenvalue weighted by atomic mass is 9.77. The number of rotatable bonds is 4. The molecule has 0 unspecified atom stereocenters. The number of esters is 1. The smallest absolute Gasteiger partial charge is 0.363 e. The third-order valence-electron chi connectivity index (χ3n) is 7.00. The topological polar surface area (TPSA) is 158 Å². The number of phenolic OH excluding ortho intramolecular Hbond substituents is 2. The second kappa shape index (κ2) is 9.18. The molecular formula is C27H17Cl2NO11. The van der Waals surface area contributed by atoms with Gasteiger partial charge in [-0.3, -0.25) is 9.59 Å². The molecule has 12 nitrogen and oxygen atoms in total. The van der Waals surface area contributed by atoms with Gasteiger partial charge in [0.1, 0.15) is 10.0 Å². The summed E-state index contributed by atoms with van der Waals surface area (Å²) in [4.78, 5) is 55.4. The Kier molecular flexibility index (Phi) is 5.94. The first-order valence-corrected chi connectivity index (χ1v) is 12.6. The molecule has 3 aliphatic heterocycles. The fourth-order valence-electron chi connectivity index (χ4n) is 5.06. The predicted molar refractivity (Wildman–Crippen MR) is 138 cm³/mol. The van der Waals surface area contributed by atoms with E-state index in [0.717, 1.165) is 0 Å². The molecule has 0 bridgehead atoms. The van der Waals surface area contributed by atoms with Crippen LogP contribution >= 0.6 is 23.2 Å². The van der Waals surface area contributed by atoms with Crippen LogP contribution in [0.2, 0.25) is 10.0 Å². The predicted octanol–water partition coefficient (Wildman–Crippen LogP) is 4.21. The van der Waals surface area contributed by atoms with Gasteiger partial charge in [-0.25, -0.2) is 9.59 Å². The van der Waals surface area contributed by atoms with E-state index in [2.05, 4.69) is 0 Å². The number of hydrogen-bond acceptors (Lipinski definition) is 11. The number of carbonyl (C=O) groups is 4. The van der Waals surface area contributed by atoms with Crippen LogP contribution in [-0.2, 0) is 24.8 Å². The van der Waals surface area contributed by atoms with Crippen molar-refractivity contribution in [1.29, 1.82) is 0 Å². The number of fused-ring (bicyclic) bond motifs is 6. The third kappa shape index (κ3) is 3.60. The first kappa shape index (κ1) is 26.5. The van der Waals surface area contributed by atoms with Crippen LogP contribution in [0, 0.1) is 0 Å². The van der Waals surface area contributed by atoms with Gasteiger partial charge in [-0.1, -0.05) is 23.2 Å². The van der Waals surface area contributed by atoms with Gasteiger partial charge < -0.3 is 34.0 Å². The van der Waals surface area contributed by atoms with Crippen LogP contribution < -0.4 is 14.2 Å². The van der Waals surface area contributed by atoms with E-state index in [1.165, 1.54) is 44.6 Å². The number of amides is 2. The SMILES string of the molecule is COc1cc2c(c(Cl)c1O)Oc1c(cc(OC)c(O)c1Cl)C21OC(=O)c2ccc(C(=O)ON3C(=O)CCC3=O)cc21. The summed E-state index contributed by atoms with van der Waals surface area (Å²) < 4.78 is 22.5. The van der Waals surface area contributed by atoms with Gasteiger partial charge in [0.05, 0.1) is 36.5 Å². The van der Waals surface area contributed by atoms with Crippen molar-refractivity contribution in [2.75, 3.05) is 14.2 Å². The van der Waals surface area contributed by atoms with E-state index < -0.39 is 40.9 Å². The van der Waals surface area contributed by atoms with Gasteiger partial charge in [0.25, 0.3) is 11.8 Å². The lowest BCUT2D eigenvalue weighted by molar-refractivity contribution is -0.172. The molecule has 0 radical (unpaired) electrons. The molecule has 0 saturated carbocycles. The zero-order chi connectivity index (χ0) is 29.4. The Morgan fingerprint density at radius 1 is 0.878 bits per heavy atom. The summed E-state index contributed by atoms with van der Waals surface area (Å²) in [5.41, 5.74) is -1.79. The highest BCUT2D eigenvalue weighted by molar-refractivity contribution is 6.35. The molecule has 0 aromatic heterocycles. The number of hydrogen-bond donors (Lipinski definition) is 2. The monoisotopic (exact) mass is 601 g/mol. The van der Waals surface area contributed by atoms with Crippen LogP contribution in [0.1, 0.15) is 50.2 Å². The zero-order valence-electron chi connectivity index (χ0n) is 21.1. The number of hydroxylamine groups is 2. The summed E-state index contributed by atoms with van der Waals surface area (Å²) in [7, 11) is 2.56. The second-order valence-electron chi connectivity index (χ2n) is 9.13. The number of phenols is 2. The van der Waals surface area contributed by atoms with Crippen molar-refractivity contribution in [2.45, 2.75) is 18.4 Å². The molecule has 2 N–H and O–H groups in total. The fourth-order valence-corrected chi connectivity index (χ4v) is 5.53. The van der Waals surface area contributed by atoms with Crippen molar-refractivity contribution >= 4 is 47.0 Å². The Bertz CT molecular complexity index is 1650. The normalized spacial score (nSPS) is 16.1. The van der Waals surface area contributed by atoms with Crippen LogP contribution in [0.3, 0.4) is 0 Å². The van der Waals surface area contributed by atoms with Crippen molar-refractivity contribution in [3.63, 3.8) is 0 Å². The molecule has 3 aromatic carbocycles. The van der Waals surface area contributed by atoms with E-state index in [1.54, 1.807) is 0 Å². The number of carbonyl (C=O) groups excluding carboxylic acids is 4. The van der Waals surface area contributed by atoms with E-state index >= 15 is 0 Å². The first-order chi connectivity index (χ1) is 19.5. The molecule has 3 aromatic rings. The minimum Gasteiger partial charge on any atom is -0.503 e. The average Bonchev–Trinajstić information content (AvgIpc) is 3.44. The summed E-state index contributed by atoms with van der Waals surface area (Å²) in [5, 5.41) is 21.0. The minimum atomic E-state index is -1.93. The molecule has 1 saturated heterocycles. The summed E-state index contributed by atoms with van der Waals surface area (Å²) >= 11 is 12.9. The minimum absolute atomic E-state index is 0.0278. The fraction of sp³-hybridized carbons (Fsp3) is 0.185. The maximum absolute atomic E-state index is 13.3. The second-order valence-corrected chi connectivity index (χ2v) is 9.89. The summed E-state index contributed by atoms with van der Waals surface area (Å²) in [6.07, 6.45) is -0.194. The van der Waals surface area contributed by atoms with Crippen LogP contribution in [-0.4, -0.2) is 53.2 Å². The summed E-state index contributed by atoms with van der Waals surface area (Å²) in [6.45, 7) is 0. The Balaban J connectivity index is 1.63. The Morgan fingerprint density at radius 2 is 1.41 bits per heavy atom. The van der Waals surface area contributed by atoms with Gasteiger partial charge in [0.2, 0.25) is 0 Å². The van der Waals surface area contributed by atoms with Crippen molar-refractivity contribution < 1.29 is 53.2 Å². The molecule has 41 heavy (non-hydrogen) atoms. The van der Waals surface area contributed by atoms with Crippen molar-refractivity contribution in [3.8, 4) is 34.5 Å². The van der Waals surface area contributed by atoms with Crippen LogP contribution in [0.4, 0.5) is 0 Å². The standard InChI is InChI=1S/C27H17Cl2NO11/c1-37-15-8-13-23(19(28)21(15)33)39-24-14(9-16(38-2)22(34)20(24)29)27(13)12-7-10(3-4-11(12)26(36)40-27)25(35)41-30-17(31)5-6-18(30)32/h3-4,7-9,33-34H,5-6H2,1-2H3. The van der Waals surface area contributed by atoms with Gasteiger partial charge >= 0.3 is 11.9 Å². The quantitative estimate of drug-likeness (QED) is 0.326. The third-order valence-corrected chi connectivity index (χ3v) is 7.71. The molecule has 210 valence electrons. The van der Waals surface area contributed by atoms with Crippen LogP contribution in [0.25, 0.3) is 0 Å². The number of ether oxygens (including phenoxy) is 4. The Hall–Kier alpha value is -4.68. The largest absolute Gasteiger partial charge is 0.503 e. The lowest BCUT2D eigenvalue weighted by Crippen LogP contribution is -2.34. The van der Waals surface area contributed by atoms with Crippen LogP contribution in [0.15, 0.2) is 30.3 Å². The maximum Gasteiger partial charge on any atom is 0.363 e. The lowest BCUT2D eigenvalue weighted by Gasteiger charge is -2.37. The van der Waals surface area contributed by atoms with Gasteiger partial charge in [-0.2, -0.15) is 0 Å². The van der Waals surface area contributed by atoms with Crippen molar-refractivity contribution in [1.82, 2.24) is 5.06 Å². The number of imide groups is 1. The van der Waals surface area contributed by atoms with Gasteiger partial charge in [0, 0.05) is 18.4 Å². The Labute approximate surface area is 240 Å². The molecule has 6 rings (SSSR count). The number of nitrogens with zero attached hydrogens (tertiary/aromatic N) is 1. The molecule has 2 amide bonds. The van der Waals surface area contributed by atoms with E-state index in [4.69, 9.17) is 47.0 Å². The zero-order valence-corrected chi connectivity index (χ0v) is 22.6. The molecule has 0 atom stereocenters. The van der Waals surface area contributed by atoms with Gasteiger partial charge in [0.15, 0.2) is 40.1 Å². The van der Waals surface area contributed by atoms with Gasteiger partial charge in [-0.15, -0.1) is 5.06 Å². The van der Waals surface area contributed by atoms with Crippen molar-refractivity contribution in [3.05, 3.63) is 68.2 Å². The number of methoxy groups -OCH3 is 2. The highest BCUT2D eigenvalue weighted by Crippen LogP contribution is 2.63. The highest BCUT2D eigenvalue weighted by Gasteiger charge is 2.56. The summed E-state index contributed by atoms with van der Waals surface area (Å²) in [6, 6.07) is 6.53. The number of benzene rings is 3. The van der Waals surface area contributed by atoms with E-state index in [-0.39, 0.29) is 73.7 Å². The van der Waals surface area contributed by atoms with E-state index in [0.29, 0.717) is 5.06 Å². The molecule has 1 spiro atoms. The Morgan fingerprint density at radius 3 is 1.93 bits per heavy atom. The van der Waals surface area contributed by atoms with Crippen molar-refractivity contribution in [2.24, 2.45) is 0 Å². The van der Waals surface area contributed by atoms with Gasteiger partial charge in [-0.05, 0) is 30.3 Å². The van der Waals surface area contributed by atoms with E-state index in [9.17, 15) is 29.4 Å². The average molecular weight is 602 g/mol. The molecule has 3 heterocycles. The summed E-state index contributed by atoms with van der Waals surface area (Å²) in [5.74, 6) is -4.71. The van der Waals surface area contributed by atoms with Crippen LogP contribution in [0.5, 0.6) is 34.5 Å². The first-order valence-electron chi connectivity index (χ1n) is 11.9. The molecular weight excluding hydrogens is 585 g/mol.